The van der Waals surface area contributed by atoms with Gasteiger partial charge in [-0.2, -0.15) is 0 Å². The molecule has 138 valence electrons. The predicted octanol–water partition coefficient (Wildman–Crippen LogP) is 4.50. The van der Waals surface area contributed by atoms with Crippen molar-refractivity contribution < 1.29 is 9.53 Å². The fourth-order valence-corrected chi connectivity index (χ4v) is 3.15. The standard InChI is InChI=1S/C21H27N3O2/c1-16(2)26-19-10-6-5-9-18(19)23-21(25)17-11-12-22-20(15-17)24-13-7-3-4-8-14-24/h5-6,9-12,15-16H,3-4,7-8,13-14H2,1-2H3,(H,23,25). The van der Waals surface area contributed by atoms with Gasteiger partial charge in [0, 0.05) is 24.8 Å². The minimum Gasteiger partial charge on any atom is -0.489 e. The maximum atomic E-state index is 12.7. The van der Waals surface area contributed by atoms with E-state index in [4.69, 9.17) is 4.74 Å². The van der Waals surface area contributed by atoms with Gasteiger partial charge in [0.25, 0.3) is 5.91 Å². The van der Waals surface area contributed by atoms with Crippen molar-refractivity contribution in [1.29, 1.82) is 0 Å². The Hall–Kier alpha value is -2.56. The van der Waals surface area contributed by atoms with E-state index < -0.39 is 0 Å². The van der Waals surface area contributed by atoms with Crippen LogP contribution in [0.15, 0.2) is 42.6 Å². The number of benzene rings is 1. The summed E-state index contributed by atoms with van der Waals surface area (Å²) >= 11 is 0. The molecule has 5 heteroatoms. The lowest BCUT2D eigenvalue weighted by molar-refractivity contribution is 0.102. The zero-order valence-electron chi connectivity index (χ0n) is 15.6. The Labute approximate surface area is 155 Å². The van der Waals surface area contributed by atoms with Crippen LogP contribution in [-0.4, -0.2) is 30.1 Å². The third kappa shape index (κ3) is 4.75. The van der Waals surface area contributed by atoms with Gasteiger partial charge in [0.2, 0.25) is 0 Å². The van der Waals surface area contributed by atoms with Crippen LogP contribution in [0, 0.1) is 0 Å². The number of nitrogens with zero attached hydrogens (tertiary/aromatic N) is 2. The molecule has 0 spiro atoms. The molecule has 1 aromatic carbocycles. The van der Waals surface area contributed by atoms with E-state index >= 15 is 0 Å². The van der Waals surface area contributed by atoms with Gasteiger partial charge in [0.15, 0.2) is 0 Å². The third-order valence-corrected chi connectivity index (χ3v) is 4.44. The molecule has 2 aromatic rings. The van der Waals surface area contributed by atoms with Crippen molar-refractivity contribution in [3.05, 3.63) is 48.2 Å². The molecule has 1 aliphatic rings. The molecule has 26 heavy (non-hydrogen) atoms. The molecule has 0 saturated carbocycles. The van der Waals surface area contributed by atoms with Crippen molar-refractivity contribution >= 4 is 17.4 Å². The number of carbonyl (C=O) groups excluding carboxylic acids is 1. The summed E-state index contributed by atoms with van der Waals surface area (Å²) in [4.78, 5) is 19.5. The lowest BCUT2D eigenvalue weighted by Crippen LogP contribution is -2.25. The lowest BCUT2D eigenvalue weighted by atomic mass is 10.2. The van der Waals surface area contributed by atoms with Crippen molar-refractivity contribution in [3.63, 3.8) is 0 Å². The first-order chi connectivity index (χ1) is 12.6. The number of nitrogens with one attached hydrogen (secondary N) is 1. The Kier molecular flexibility index (Phi) is 6.10. The molecule has 1 aromatic heterocycles. The molecule has 1 amide bonds. The number of hydrogen-bond acceptors (Lipinski definition) is 4. The zero-order chi connectivity index (χ0) is 18.4. The van der Waals surface area contributed by atoms with Gasteiger partial charge in [0.1, 0.15) is 11.6 Å². The number of para-hydroxylation sites is 2. The van der Waals surface area contributed by atoms with Crippen molar-refractivity contribution in [1.82, 2.24) is 4.98 Å². The number of rotatable bonds is 5. The lowest BCUT2D eigenvalue weighted by Gasteiger charge is -2.21. The maximum Gasteiger partial charge on any atom is 0.255 e. The summed E-state index contributed by atoms with van der Waals surface area (Å²) in [5.41, 5.74) is 1.29. The highest BCUT2D eigenvalue weighted by atomic mass is 16.5. The summed E-state index contributed by atoms with van der Waals surface area (Å²) in [7, 11) is 0. The molecule has 5 nitrogen and oxygen atoms in total. The highest BCUT2D eigenvalue weighted by molar-refractivity contribution is 6.05. The van der Waals surface area contributed by atoms with E-state index in [1.54, 1.807) is 12.3 Å². The quantitative estimate of drug-likeness (QED) is 0.860. The summed E-state index contributed by atoms with van der Waals surface area (Å²) in [6.45, 7) is 5.94. The maximum absolute atomic E-state index is 12.7. The van der Waals surface area contributed by atoms with E-state index in [1.807, 2.05) is 44.2 Å². The largest absolute Gasteiger partial charge is 0.489 e. The molecule has 0 unspecified atom stereocenters. The molecule has 2 heterocycles. The molecule has 1 fully saturated rings. The molecule has 3 rings (SSSR count). The Balaban J connectivity index is 1.75. The monoisotopic (exact) mass is 353 g/mol. The number of amides is 1. The molecular formula is C21H27N3O2. The summed E-state index contributed by atoms with van der Waals surface area (Å²) in [5, 5.41) is 2.96. The fraction of sp³-hybridized carbons (Fsp3) is 0.429. The zero-order valence-corrected chi connectivity index (χ0v) is 15.6. The van der Waals surface area contributed by atoms with Gasteiger partial charge in [-0.15, -0.1) is 0 Å². The summed E-state index contributed by atoms with van der Waals surface area (Å²) in [6.07, 6.45) is 6.65. The molecular weight excluding hydrogens is 326 g/mol. The minimum absolute atomic E-state index is 0.0450. The molecule has 0 atom stereocenters. The van der Waals surface area contributed by atoms with Gasteiger partial charge in [-0.3, -0.25) is 4.79 Å². The third-order valence-electron chi connectivity index (χ3n) is 4.44. The van der Waals surface area contributed by atoms with Crippen LogP contribution < -0.4 is 15.0 Å². The van der Waals surface area contributed by atoms with Crippen LogP contribution >= 0.6 is 0 Å². The van der Waals surface area contributed by atoms with Crippen LogP contribution in [0.4, 0.5) is 11.5 Å². The van der Waals surface area contributed by atoms with Gasteiger partial charge >= 0.3 is 0 Å². The van der Waals surface area contributed by atoms with Gasteiger partial charge in [-0.05, 0) is 51.0 Å². The van der Waals surface area contributed by atoms with Crippen molar-refractivity contribution in [2.45, 2.75) is 45.6 Å². The van der Waals surface area contributed by atoms with E-state index in [9.17, 15) is 4.79 Å². The number of carbonyl (C=O) groups is 1. The number of anilines is 2. The first-order valence-electron chi connectivity index (χ1n) is 9.41. The second kappa shape index (κ2) is 8.70. The first kappa shape index (κ1) is 18.2. The van der Waals surface area contributed by atoms with E-state index in [0.29, 0.717) is 17.0 Å². The van der Waals surface area contributed by atoms with Crippen molar-refractivity contribution in [2.75, 3.05) is 23.3 Å². The van der Waals surface area contributed by atoms with E-state index in [2.05, 4.69) is 15.2 Å². The van der Waals surface area contributed by atoms with Crippen LogP contribution in [0.5, 0.6) is 5.75 Å². The second-order valence-electron chi connectivity index (χ2n) is 6.92. The average Bonchev–Trinajstić information content (AvgIpc) is 2.92. The average molecular weight is 353 g/mol. The Morgan fingerprint density at radius 1 is 1.12 bits per heavy atom. The minimum atomic E-state index is -0.150. The van der Waals surface area contributed by atoms with Crippen LogP contribution in [0.3, 0.4) is 0 Å². The van der Waals surface area contributed by atoms with Crippen LogP contribution in [0.25, 0.3) is 0 Å². The van der Waals surface area contributed by atoms with Gasteiger partial charge in [0.05, 0.1) is 11.8 Å². The highest BCUT2D eigenvalue weighted by Gasteiger charge is 2.15. The fourth-order valence-electron chi connectivity index (χ4n) is 3.15. The SMILES string of the molecule is CC(C)Oc1ccccc1NC(=O)c1ccnc(N2CCCCCC2)c1. The number of aromatic nitrogens is 1. The Bertz CT molecular complexity index is 738. The number of ether oxygens (including phenoxy) is 1. The summed E-state index contributed by atoms with van der Waals surface area (Å²) in [6, 6.07) is 11.1. The van der Waals surface area contributed by atoms with Gasteiger partial charge in [-0.1, -0.05) is 25.0 Å². The van der Waals surface area contributed by atoms with E-state index in [1.165, 1.54) is 25.7 Å². The van der Waals surface area contributed by atoms with Crippen LogP contribution in [-0.2, 0) is 0 Å². The molecule has 0 aliphatic carbocycles. The number of hydrogen-bond donors (Lipinski definition) is 1. The highest BCUT2D eigenvalue weighted by Crippen LogP contribution is 2.26. The van der Waals surface area contributed by atoms with Crippen molar-refractivity contribution in [2.24, 2.45) is 0 Å². The summed E-state index contributed by atoms with van der Waals surface area (Å²) in [5.74, 6) is 1.41. The second-order valence-corrected chi connectivity index (χ2v) is 6.92. The molecule has 1 saturated heterocycles. The van der Waals surface area contributed by atoms with Crippen molar-refractivity contribution in [3.8, 4) is 5.75 Å². The Morgan fingerprint density at radius 3 is 2.58 bits per heavy atom. The molecule has 1 aliphatic heterocycles. The topological polar surface area (TPSA) is 54.5 Å². The van der Waals surface area contributed by atoms with E-state index in [-0.39, 0.29) is 12.0 Å². The van der Waals surface area contributed by atoms with Gasteiger partial charge in [-0.25, -0.2) is 4.98 Å². The van der Waals surface area contributed by atoms with Crippen LogP contribution in [0.2, 0.25) is 0 Å². The van der Waals surface area contributed by atoms with E-state index in [0.717, 1.165) is 18.9 Å². The first-order valence-corrected chi connectivity index (χ1v) is 9.41. The number of pyridine rings is 1. The molecule has 1 N–H and O–H groups in total. The van der Waals surface area contributed by atoms with Gasteiger partial charge < -0.3 is 15.0 Å². The van der Waals surface area contributed by atoms with Crippen LogP contribution in [0.1, 0.15) is 49.9 Å². The summed E-state index contributed by atoms with van der Waals surface area (Å²) < 4.78 is 5.78. The predicted molar refractivity (Wildman–Crippen MR) is 105 cm³/mol. The smallest absolute Gasteiger partial charge is 0.255 e. The normalized spacial score (nSPS) is 14.8. The molecule has 0 bridgehead atoms. The Morgan fingerprint density at radius 2 is 1.85 bits per heavy atom. The molecule has 0 radical (unpaired) electrons.